The Hall–Kier alpha value is -1.83. The van der Waals surface area contributed by atoms with Gasteiger partial charge in [0.05, 0.1) is 11.6 Å². The number of nitrogens with one attached hydrogen (secondary N) is 3. The number of thiocarbonyl (C=S) groups is 1. The van der Waals surface area contributed by atoms with Gasteiger partial charge in [0, 0.05) is 4.47 Å². The van der Waals surface area contributed by atoms with E-state index in [1.807, 2.05) is 84.9 Å². The van der Waals surface area contributed by atoms with Crippen molar-refractivity contribution in [3.63, 3.8) is 0 Å². The van der Waals surface area contributed by atoms with Crippen LogP contribution in [0.5, 0.6) is 0 Å². The maximum Gasteiger partial charge on any atom is 0.233 e. The summed E-state index contributed by atoms with van der Waals surface area (Å²) >= 11 is 27.3. The van der Waals surface area contributed by atoms with E-state index in [0.29, 0.717) is 0 Å². The topological polar surface area (TPSA) is 53.2 Å². The average Bonchev–Trinajstić information content (AvgIpc) is 2.76. The molecule has 0 fully saturated rings. The van der Waals surface area contributed by atoms with Gasteiger partial charge in [-0.3, -0.25) is 4.79 Å². The molecular weight excluding hydrogens is 553 g/mol. The summed E-state index contributed by atoms with van der Waals surface area (Å²) in [5.41, 5.74) is 2.35. The molecule has 0 aliphatic carbocycles. The van der Waals surface area contributed by atoms with Crippen molar-refractivity contribution in [3.8, 4) is 0 Å². The van der Waals surface area contributed by atoms with Crippen LogP contribution in [0.25, 0.3) is 0 Å². The summed E-state index contributed by atoms with van der Waals surface area (Å²) in [5.74, 6) is -0.936. The first-order valence-electron chi connectivity index (χ1n) is 9.54. The van der Waals surface area contributed by atoms with Crippen molar-refractivity contribution >= 4 is 79.7 Å². The molecule has 166 valence electrons. The van der Waals surface area contributed by atoms with Crippen molar-refractivity contribution in [2.45, 2.75) is 15.9 Å². The van der Waals surface area contributed by atoms with Gasteiger partial charge in [0.15, 0.2) is 5.11 Å². The second-order valence-corrected chi connectivity index (χ2v) is 10.4. The number of benzene rings is 3. The fourth-order valence-electron chi connectivity index (χ4n) is 3.06. The molecule has 1 atom stereocenters. The van der Waals surface area contributed by atoms with Crippen LogP contribution in [0.3, 0.4) is 0 Å². The van der Waals surface area contributed by atoms with Crippen LogP contribution in [0.1, 0.15) is 17.0 Å². The first-order valence-corrected chi connectivity index (χ1v) is 11.9. The Balaban J connectivity index is 1.81. The molecule has 0 saturated heterocycles. The van der Waals surface area contributed by atoms with Crippen molar-refractivity contribution in [1.82, 2.24) is 10.6 Å². The predicted octanol–water partition coefficient (Wildman–Crippen LogP) is 6.38. The fraction of sp³-hybridized carbons (Fsp3) is 0.130. The van der Waals surface area contributed by atoms with E-state index in [2.05, 4.69) is 31.9 Å². The quantitative estimate of drug-likeness (QED) is 0.183. The third kappa shape index (κ3) is 6.83. The number of rotatable bonds is 6. The summed E-state index contributed by atoms with van der Waals surface area (Å²) in [6, 6.07) is 26.2. The van der Waals surface area contributed by atoms with E-state index in [1.165, 1.54) is 0 Å². The van der Waals surface area contributed by atoms with Crippen LogP contribution in [0.4, 0.5) is 5.69 Å². The Morgan fingerprint density at radius 2 is 1.31 bits per heavy atom. The number of carbonyl (C=O) groups excluding carboxylic acids is 1. The van der Waals surface area contributed by atoms with Crippen LogP contribution < -0.4 is 16.0 Å². The summed E-state index contributed by atoms with van der Waals surface area (Å²) in [5, 5.41) is 8.90. The van der Waals surface area contributed by atoms with E-state index in [1.54, 1.807) is 0 Å². The lowest BCUT2D eigenvalue weighted by Gasteiger charge is -2.30. The van der Waals surface area contributed by atoms with E-state index >= 15 is 0 Å². The molecule has 0 saturated carbocycles. The first-order chi connectivity index (χ1) is 15.3. The van der Waals surface area contributed by atoms with E-state index in [9.17, 15) is 4.79 Å². The fourth-order valence-corrected chi connectivity index (χ4v) is 4.00. The van der Waals surface area contributed by atoms with Gasteiger partial charge in [-0.2, -0.15) is 0 Å². The summed E-state index contributed by atoms with van der Waals surface area (Å²) in [7, 11) is 0. The lowest BCUT2D eigenvalue weighted by molar-refractivity contribution is -0.122. The molecule has 0 aliphatic heterocycles. The van der Waals surface area contributed by atoms with Crippen molar-refractivity contribution in [2.24, 2.45) is 0 Å². The number of halogens is 4. The maximum atomic E-state index is 13.4. The lowest BCUT2D eigenvalue weighted by atomic mass is 9.90. The molecule has 0 bridgehead atoms. The molecule has 0 aliphatic rings. The Bertz CT molecular complexity index is 1030. The third-order valence-corrected chi connectivity index (χ3v) is 6.11. The highest BCUT2D eigenvalue weighted by Gasteiger charge is 2.36. The molecule has 3 rings (SSSR count). The molecule has 4 nitrogen and oxygen atoms in total. The standard InChI is InChI=1S/C23H19BrCl3N3OS/c24-17-13-7-8-14-18(17)28-22(32)30-21(23(25,26)27)29-20(31)19(15-9-3-1-4-10-15)16-11-5-2-6-12-16/h1-14,19,21H,(H,29,31)(H2,28,30,32)/t21-/m0/s1. The highest BCUT2D eigenvalue weighted by Crippen LogP contribution is 2.31. The van der Waals surface area contributed by atoms with Crippen LogP contribution in [0.2, 0.25) is 0 Å². The summed E-state index contributed by atoms with van der Waals surface area (Å²) < 4.78 is -1.06. The van der Waals surface area contributed by atoms with Crippen LogP contribution >= 0.6 is 63.0 Å². The minimum atomic E-state index is -1.87. The summed E-state index contributed by atoms with van der Waals surface area (Å²) in [6.45, 7) is 0. The van der Waals surface area contributed by atoms with E-state index in [0.717, 1.165) is 21.3 Å². The maximum absolute atomic E-state index is 13.4. The molecule has 0 radical (unpaired) electrons. The Kier molecular flexibility index (Phi) is 8.79. The molecule has 3 N–H and O–H groups in total. The van der Waals surface area contributed by atoms with Gasteiger partial charge in [-0.25, -0.2) is 0 Å². The van der Waals surface area contributed by atoms with Crippen molar-refractivity contribution in [1.29, 1.82) is 0 Å². The largest absolute Gasteiger partial charge is 0.339 e. The minimum Gasteiger partial charge on any atom is -0.339 e. The summed E-state index contributed by atoms with van der Waals surface area (Å²) in [6.07, 6.45) is -1.09. The zero-order chi connectivity index (χ0) is 23.1. The number of alkyl halides is 3. The average molecular weight is 572 g/mol. The van der Waals surface area contributed by atoms with Crippen LogP contribution in [0, 0.1) is 0 Å². The summed E-state index contributed by atoms with van der Waals surface area (Å²) in [4.78, 5) is 13.4. The van der Waals surface area contributed by atoms with Crippen molar-refractivity contribution in [2.75, 3.05) is 5.32 Å². The highest BCUT2D eigenvalue weighted by molar-refractivity contribution is 9.10. The van der Waals surface area contributed by atoms with E-state index in [-0.39, 0.29) is 11.0 Å². The van der Waals surface area contributed by atoms with E-state index < -0.39 is 15.9 Å². The van der Waals surface area contributed by atoms with Gasteiger partial charge in [-0.15, -0.1) is 0 Å². The lowest BCUT2D eigenvalue weighted by Crippen LogP contribution is -2.57. The van der Waals surface area contributed by atoms with Crippen molar-refractivity contribution in [3.05, 3.63) is 101 Å². The molecule has 0 unspecified atom stereocenters. The van der Waals surface area contributed by atoms with Gasteiger partial charge in [-0.1, -0.05) is 108 Å². The van der Waals surface area contributed by atoms with Gasteiger partial charge in [0.1, 0.15) is 6.17 Å². The Labute approximate surface area is 215 Å². The number of carbonyl (C=O) groups is 1. The van der Waals surface area contributed by atoms with Gasteiger partial charge < -0.3 is 16.0 Å². The molecule has 9 heteroatoms. The zero-order valence-electron chi connectivity index (χ0n) is 16.6. The second-order valence-electron chi connectivity index (χ2n) is 6.82. The molecule has 0 spiro atoms. The Morgan fingerprint density at radius 1 is 0.812 bits per heavy atom. The first kappa shape index (κ1) is 24.8. The number of anilines is 1. The molecular formula is C23H19BrCl3N3OS. The van der Waals surface area contributed by atoms with Crippen LogP contribution in [-0.2, 0) is 4.79 Å². The van der Waals surface area contributed by atoms with Gasteiger partial charge in [-0.05, 0) is 51.4 Å². The van der Waals surface area contributed by atoms with Crippen LogP contribution in [-0.4, -0.2) is 21.0 Å². The molecule has 0 aromatic heterocycles. The van der Waals surface area contributed by atoms with Gasteiger partial charge in [0.25, 0.3) is 0 Å². The number of amides is 1. The minimum absolute atomic E-state index is 0.185. The molecule has 1 amide bonds. The normalized spacial score (nSPS) is 12.2. The number of para-hydroxylation sites is 1. The number of hydrogen-bond donors (Lipinski definition) is 3. The number of hydrogen-bond acceptors (Lipinski definition) is 2. The highest BCUT2D eigenvalue weighted by atomic mass is 79.9. The molecule has 3 aromatic carbocycles. The van der Waals surface area contributed by atoms with Gasteiger partial charge >= 0.3 is 0 Å². The monoisotopic (exact) mass is 569 g/mol. The molecule has 0 heterocycles. The molecule has 32 heavy (non-hydrogen) atoms. The van der Waals surface area contributed by atoms with Crippen LogP contribution in [0.15, 0.2) is 89.4 Å². The zero-order valence-corrected chi connectivity index (χ0v) is 21.2. The van der Waals surface area contributed by atoms with Crippen molar-refractivity contribution < 1.29 is 4.79 Å². The predicted molar refractivity (Wildman–Crippen MR) is 140 cm³/mol. The van der Waals surface area contributed by atoms with E-state index in [4.69, 9.17) is 47.0 Å². The smallest absolute Gasteiger partial charge is 0.233 e. The second kappa shape index (κ2) is 11.3. The third-order valence-electron chi connectivity index (χ3n) is 4.54. The SMILES string of the molecule is O=C(N[C@@H](NC(=S)Nc1ccccc1Br)C(Cl)(Cl)Cl)C(c1ccccc1)c1ccccc1. The van der Waals surface area contributed by atoms with Gasteiger partial charge in [0.2, 0.25) is 9.70 Å². The Morgan fingerprint density at radius 3 is 1.81 bits per heavy atom. The molecule has 3 aromatic rings.